The molecule has 0 heterocycles. The van der Waals surface area contributed by atoms with Crippen LogP contribution in [0, 0.1) is 6.92 Å². The molecule has 0 fully saturated rings. The quantitative estimate of drug-likeness (QED) is 0.159. The number of aliphatic hydroxyl groups excluding tert-OH is 1. The van der Waals surface area contributed by atoms with Gasteiger partial charge in [0.05, 0.1) is 6.54 Å². The van der Waals surface area contributed by atoms with Gasteiger partial charge < -0.3 is 30.5 Å². The molecule has 1 aromatic rings. The molecule has 8 nitrogen and oxygen atoms in total. The smallest absolute Gasteiger partial charge is 0.407 e. The zero-order valence-corrected chi connectivity index (χ0v) is 21.0. The van der Waals surface area contributed by atoms with Crippen LogP contribution in [0.5, 0.6) is 5.75 Å². The molecular formula is C21H37IN4O4. The summed E-state index contributed by atoms with van der Waals surface area (Å²) in [6.45, 7) is 11.7. The van der Waals surface area contributed by atoms with E-state index in [1.807, 2.05) is 58.9 Å². The lowest BCUT2D eigenvalue weighted by atomic mass is 10.2. The SMILES string of the molecule is CCNC(=NCC(O)COc1cccc(C)c1)NCCCNC(=O)OC(C)(C)C.I. The highest BCUT2D eigenvalue weighted by Crippen LogP contribution is 2.12. The molecular weight excluding hydrogens is 499 g/mol. The highest BCUT2D eigenvalue weighted by atomic mass is 127. The van der Waals surface area contributed by atoms with Crippen LogP contribution in [0.15, 0.2) is 29.3 Å². The van der Waals surface area contributed by atoms with Crippen molar-refractivity contribution in [2.75, 3.05) is 32.8 Å². The van der Waals surface area contributed by atoms with E-state index >= 15 is 0 Å². The first-order valence-corrected chi connectivity index (χ1v) is 10.1. The molecule has 0 saturated heterocycles. The zero-order valence-electron chi connectivity index (χ0n) is 18.7. The minimum atomic E-state index is -0.709. The van der Waals surface area contributed by atoms with Gasteiger partial charge >= 0.3 is 6.09 Å². The maximum absolute atomic E-state index is 11.6. The molecule has 1 rings (SSSR count). The van der Waals surface area contributed by atoms with E-state index in [9.17, 15) is 9.90 Å². The van der Waals surface area contributed by atoms with Crippen LogP contribution >= 0.6 is 24.0 Å². The predicted octanol–water partition coefficient (Wildman–Crippen LogP) is 2.82. The summed E-state index contributed by atoms with van der Waals surface area (Å²) in [5.74, 6) is 1.34. The molecule has 0 aliphatic carbocycles. The van der Waals surface area contributed by atoms with Crippen molar-refractivity contribution in [3.05, 3.63) is 29.8 Å². The van der Waals surface area contributed by atoms with E-state index in [1.165, 1.54) is 0 Å². The Morgan fingerprint density at radius 2 is 1.90 bits per heavy atom. The Morgan fingerprint density at radius 1 is 1.20 bits per heavy atom. The van der Waals surface area contributed by atoms with Gasteiger partial charge in [-0.05, 0) is 58.7 Å². The number of alkyl carbamates (subject to hydrolysis) is 1. The van der Waals surface area contributed by atoms with E-state index in [2.05, 4.69) is 20.9 Å². The number of hydrogen-bond acceptors (Lipinski definition) is 5. The van der Waals surface area contributed by atoms with Crippen molar-refractivity contribution in [3.8, 4) is 5.75 Å². The molecule has 1 amide bonds. The van der Waals surface area contributed by atoms with Gasteiger partial charge in [0.15, 0.2) is 5.96 Å². The van der Waals surface area contributed by atoms with E-state index in [4.69, 9.17) is 9.47 Å². The van der Waals surface area contributed by atoms with Gasteiger partial charge in [-0.3, -0.25) is 4.99 Å². The fraction of sp³-hybridized carbons (Fsp3) is 0.619. The lowest BCUT2D eigenvalue weighted by Gasteiger charge is -2.19. The summed E-state index contributed by atoms with van der Waals surface area (Å²) in [7, 11) is 0. The van der Waals surface area contributed by atoms with Crippen LogP contribution in [-0.2, 0) is 4.74 Å². The van der Waals surface area contributed by atoms with Crippen LogP contribution in [0.25, 0.3) is 0 Å². The Morgan fingerprint density at radius 3 is 2.53 bits per heavy atom. The standard InChI is InChI=1S/C21H36N4O4.HI/c1-6-22-19(23-11-8-12-24-20(27)29-21(3,4)5)25-14-17(26)15-28-18-10-7-9-16(2)13-18;/h7,9-10,13,17,26H,6,8,11-12,14-15H2,1-5H3,(H,24,27)(H2,22,23,25);1H. The fourth-order valence-corrected chi connectivity index (χ4v) is 2.29. The van der Waals surface area contributed by atoms with Crippen LogP contribution in [0.3, 0.4) is 0 Å². The molecule has 0 aliphatic rings. The van der Waals surface area contributed by atoms with E-state index in [0.29, 0.717) is 32.0 Å². The molecule has 0 bridgehead atoms. The van der Waals surface area contributed by atoms with Gasteiger partial charge in [0.25, 0.3) is 0 Å². The molecule has 9 heteroatoms. The first-order valence-electron chi connectivity index (χ1n) is 10.1. The monoisotopic (exact) mass is 536 g/mol. The molecule has 0 saturated carbocycles. The Balaban J connectivity index is 0.00000841. The predicted molar refractivity (Wildman–Crippen MR) is 131 cm³/mol. The number of hydrogen-bond donors (Lipinski definition) is 4. The second kappa shape index (κ2) is 15.1. The summed E-state index contributed by atoms with van der Waals surface area (Å²) in [5, 5.41) is 19.1. The lowest BCUT2D eigenvalue weighted by molar-refractivity contribution is 0.0527. The third kappa shape index (κ3) is 14.3. The number of aliphatic imine (C=N–C) groups is 1. The highest BCUT2D eigenvalue weighted by Gasteiger charge is 2.15. The van der Waals surface area contributed by atoms with Crippen molar-refractivity contribution in [1.82, 2.24) is 16.0 Å². The molecule has 30 heavy (non-hydrogen) atoms. The first kappa shape index (κ1) is 28.2. The number of ether oxygens (including phenoxy) is 2. The molecule has 0 aliphatic heterocycles. The number of nitrogens with zero attached hydrogens (tertiary/aromatic N) is 1. The third-order valence-corrected chi connectivity index (χ3v) is 3.55. The van der Waals surface area contributed by atoms with Gasteiger partial charge in [0, 0.05) is 19.6 Å². The number of carbonyl (C=O) groups is 1. The normalized spacial score (nSPS) is 12.4. The number of nitrogens with one attached hydrogen (secondary N) is 3. The van der Waals surface area contributed by atoms with Crippen LogP contribution in [0.2, 0.25) is 0 Å². The summed E-state index contributed by atoms with van der Waals surface area (Å²) in [6.07, 6.45) is -0.419. The van der Waals surface area contributed by atoms with Gasteiger partial charge in [-0.25, -0.2) is 4.79 Å². The fourth-order valence-electron chi connectivity index (χ4n) is 2.29. The summed E-state index contributed by atoms with van der Waals surface area (Å²) >= 11 is 0. The van der Waals surface area contributed by atoms with Crippen LogP contribution in [-0.4, -0.2) is 61.7 Å². The minimum absolute atomic E-state index is 0. The maximum Gasteiger partial charge on any atom is 0.407 e. The largest absolute Gasteiger partial charge is 0.491 e. The topological polar surface area (TPSA) is 104 Å². The number of aryl methyl sites for hydroxylation is 1. The van der Waals surface area contributed by atoms with Gasteiger partial charge in [-0.2, -0.15) is 0 Å². The van der Waals surface area contributed by atoms with E-state index in [-0.39, 0.29) is 37.1 Å². The number of benzene rings is 1. The lowest BCUT2D eigenvalue weighted by Crippen LogP contribution is -2.40. The van der Waals surface area contributed by atoms with E-state index in [0.717, 1.165) is 11.3 Å². The molecule has 172 valence electrons. The third-order valence-electron chi connectivity index (χ3n) is 3.55. The summed E-state index contributed by atoms with van der Waals surface area (Å²) in [6, 6.07) is 7.69. The van der Waals surface area contributed by atoms with Crippen molar-refractivity contribution in [2.45, 2.75) is 52.7 Å². The number of aliphatic hydroxyl groups is 1. The van der Waals surface area contributed by atoms with Crippen molar-refractivity contribution in [3.63, 3.8) is 0 Å². The van der Waals surface area contributed by atoms with Crippen LogP contribution in [0.1, 0.15) is 39.7 Å². The Labute approximate surface area is 197 Å². The molecule has 1 atom stereocenters. The average Bonchev–Trinajstić information content (AvgIpc) is 2.62. The van der Waals surface area contributed by atoms with Crippen molar-refractivity contribution in [2.24, 2.45) is 4.99 Å². The molecule has 0 aromatic heterocycles. The highest BCUT2D eigenvalue weighted by molar-refractivity contribution is 14.0. The molecule has 4 N–H and O–H groups in total. The van der Waals surface area contributed by atoms with E-state index < -0.39 is 17.8 Å². The Bertz CT molecular complexity index is 650. The zero-order chi connectivity index (χ0) is 21.7. The number of rotatable bonds is 10. The average molecular weight is 536 g/mol. The number of amides is 1. The second-order valence-corrected chi connectivity index (χ2v) is 7.71. The summed E-state index contributed by atoms with van der Waals surface area (Å²) in [5.41, 5.74) is 0.603. The molecule has 1 aromatic carbocycles. The van der Waals surface area contributed by atoms with Crippen molar-refractivity contribution in [1.29, 1.82) is 0 Å². The first-order chi connectivity index (χ1) is 13.7. The Kier molecular flexibility index (Phi) is 14.2. The van der Waals surface area contributed by atoms with Gasteiger partial charge in [0.2, 0.25) is 0 Å². The molecule has 0 spiro atoms. The van der Waals surface area contributed by atoms with Gasteiger partial charge in [-0.1, -0.05) is 12.1 Å². The summed E-state index contributed by atoms with van der Waals surface area (Å²) in [4.78, 5) is 16.0. The van der Waals surface area contributed by atoms with E-state index in [1.54, 1.807) is 0 Å². The van der Waals surface area contributed by atoms with Gasteiger partial charge in [0.1, 0.15) is 24.1 Å². The maximum atomic E-state index is 11.6. The second-order valence-electron chi connectivity index (χ2n) is 7.71. The van der Waals surface area contributed by atoms with Crippen molar-refractivity contribution < 1.29 is 19.4 Å². The van der Waals surface area contributed by atoms with Gasteiger partial charge in [-0.15, -0.1) is 24.0 Å². The Hall–Kier alpha value is -1.75. The summed E-state index contributed by atoms with van der Waals surface area (Å²) < 4.78 is 10.8. The van der Waals surface area contributed by atoms with Crippen molar-refractivity contribution >= 4 is 36.0 Å². The molecule has 1 unspecified atom stereocenters. The number of carbonyl (C=O) groups excluding carboxylic acids is 1. The van der Waals surface area contributed by atoms with Crippen LogP contribution < -0.4 is 20.7 Å². The van der Waals surface area contributed by atoms with Crippen LogP contribution in [0.4, 0.5) is 4.79 Å². The molecule has 0 radical (unpaired) electrons. The minimum Gasteiger partial charge on any atom is -0.491 e. The number of halogens is 1. The number of guanidine groups is 1.